The third-order valence-electron chi connectivity index (χ3n) is 9.88. The van der Waals surface area contributed by atoms with E-state index in [0.29, 0.717) is 17.5 Å². The Morgan fingerprint density at radius 2 is 2.03 bits per heavy atom. The second-order valence-electron chi connectivity index (χ2n) is 11.4. The molecule has 0 radical (unpaired) electrons. The van der Waals surface area contributed by atoms with Gasteiger partial charge in [-0.25, -0.2) is 0 Å². The number of piperidine rings is 1. The molecule has 2 saturated carbocycles. The van der Waals surface area contributed by atoms with E-state index in [1.807, 2.05) is 0 Å². The molecule has 3 fully saturated rings. The SMILES string of the molecule is COc1ccc2c(c1)CC[C@@H]1[C@@H]2CC[C@]2(C)[C@@H](NCCCCC3CCCC[N+]3=[N-])CC[C@@H]12. The summed E-state index contributed by atoms with van der Waals surface area (Å²) in [4.78, 5) is 0. The summed E-state index contributed by atoms with van der Waals surface area (Å²) in [6.45, 7) is 4.61. The summed E-state index contributed by atoms with van der Waals surface area (Å²) in [6, 6.07) is 7.94. The van der Waals surface area contributed by atoms with Crippen LogP contribution in [0.4, 0.5) is 0 Å². The van der Waals surface area contributed by atoms with Crippen LogP contribution in [0.2, 0.25) is 0 Å². The van der Waals surface area contributed by atoms with Gasteiger partial charge in [0.1, 0.15) is 18.3 Å². The van der Waals surface area contributed by atoms with E-state index >= 15 is 0 Å². The number of fused-ring (bicyclic) bond motifs is 5. The minimum absolute atomic E-state index is 0.404. The van der Waals surface area contributed by atoms with Crippen molar-refractivity contribution in [2.45, 2.75) is 102 Å². The van der Waals surface area contributed by atoms with E-state index in [1.54, 1.807) is 22.9 Å². The van der Waals surface area contributed by atoms with E-state index in [2.05, 4.69) is 30.4 Å². The molecule has 32 heavy (non-hydrogen) atoms. The number of nitrogens with one attached hydrogen (secondary N) is 1. The highest BCUT2D eigenvalue weighted by atomic mass is 16.5. The molecule has 3 aliphatic carbocycles. The molecule has 1 heterocycles. The number of ether oxygens (including phenoxy) is 1. The standard InChI is InChI=1S/C28H43N3O/c1-28-16-15-24-23-12-10-22(32-2)19-20(23)9-11-25(24)26(28)13-14-27(28)30-17-5-3-7-21-8-4-6-18-31(21)29/h10,12,19,21,24-27,30H,3-9,11,13-18H2,1-2H3/t21?,24-,25-,26+,27+,28+/m1/s1. The van der Waals surface area contributed by atoms with E-state index < -0.39 is 0 Å². The van der Waals surface area contributed by atoms with Crippen LogP contribution in [0.25, 0.3) is 5.53 Å². The van der Waals surface area contributed by atoms with Crippen LogP contribution in [0.5, 0.6) is 5.75 Å². The molecule has 0 spiro atoms. The number of benzene rings is 1. The molecule has 6 atom stereocenters. The Morgan fingerprint density at radius 3 is 2.88 bits per heavy atom. The Labute approximate surface area is 195 Å². The van der Waals surface area contributed by atoms with Crippen molar-refractivity contribution in [1.82, 2.24) is 5.32 Å². The van der Waals surface area contributed by atoms with Crippen molar-refractivity contribution in [2.75, 3.05) is 20.2 Å². The number of hydrogen-bond acceptors (Lipinski definition) is 2. The molecule has 4 nitrogen and oxygen atoms in total. The number of aryl methyl sites for hydroxylation is 1. The Kier molecular flexibility index (Phi) is 6.60. The van der Waals surface area contributed by atoms with Gasteiger partial charge in [-0.2, -0.15) is 0 Å². The molecule has 1 aromatic carbocycles. The zero-order valence-electron chi connectivity index (χ0n) is 20.3. The van der Waals surface area contributed by atoms with Crippen LogP contribution in [0.3, 0.4) is 0 Å². The first-order valence-electron chi connectivity index (χ1n) is 13.5. The third kappa shape index (κ3) is 4.13. The zero-order valence-corrected chi connectivity index (χ0v) is 20.3. The minimum atomic E-state index is 0.404. The van der Waals surface area contributed by atoms with Crippen LogP contribution in [0.15, 0.2) is 18.2 Å². The molecule has 4 aliphatic rings. The first-order chi connectivity index (χ1) is 15.6. The summed E-state index contributed by atoms with van der Waals surface area (Å²) in [5.74, 6) is 3.52. The van der Waals surface area contributed by atoms with Gasteiger partial charge < -0.3 is 20.3 Å². The van der Waals surface area contributed by atoms with Crippen molar-refractivity contribution >= 4 is 0 Å². The Morgan fingerprint density at radius 1 is 1.12 bits per heavy atom. The van der Waals surface area contributed by atoms with E-state index in [4.69, 9.17) is 4.74 Å². The predicted octanol–water partition coefficient (Wildman–Crippen LogP) is 6.27. The number of methoxy groups -OCH3 is 1. The minimum Gasteiger partial charge on any atom is -0.507 e. The summed E-state index contributed by atoms with van der Waals surface area (Å²) < 4.78 is 7.09. The van der Waals surface area contributed by atoms with Crippen LogP contribution in [-0.2, 0) is 6.42 Å². The summed E-state index contributed by atoms with van der Waals surface area (Å²) >= 11 is 0. The molecule has 0 amide bonds. The zero-order chi connectivity index (χ0) is 22.1. The summed E-state index contributed by atoms with van der Waals surface area (Å²) in [5, 5.41) is 4.01. The fraction of sp³-hybridized carbons (Fsp3) is 0.786. The van der Waals surface area contributed by atoms with Crippen molar-refractivity contribution in [3.8, 4) is 5.75 Å². The predicted molar refractivity (Wildman–Crippen MR) is 129 cm³/mol. The van der Waals surface area contributed by atoms with Gasteiger partial charge in [0.05, 0.1) is 7.11 Å². The first kappa shape index (κ1) is 22.4. The van der Waals surface area contributed by atoms with Crippen molar-refractivity contribution in [2.24, 2.45) is 17.3 Å². The maximum atomic E-state index is 10.1. The number of hydrogen-bond donors (Lipinski definition) is 1. The van der Waals surface area contributed by atoms with Gasteiger partial charge >= 0.3 is 0 Å². The number of rotatable bonds is 7. The first-order valence-corrected chi connectivity index (χ1v) is 13.5. The lowest BCUT2D eigenvalue weighted by atomic mass is 9.55. The Bertz CT molecular complexity index is 823. The van der Waals surface area contributed by atoms with Crippen LogP contribution >= 0.6 is 0 Å². The average molecular weight is 438 g/mol. The largest absolute Gasteiger partial charge is 0.507 e. The lowest BCUT2D eigenvalue weighted by Crippen LogP contribution is -2.48. The van der Waals surface area contributed by atoms with Crippen molar-refractivity contribution in [3.63, 3.8) is 0 Å². The van der Waals surface area contributed by atoms with E-state index in [-0.39, 0.29) is 0 Å². The van der Waals surface area contributed by atoms with Gasteiger partial charge in [-0.3, -0.25) is 0 Å². The highest BCUT2D eigenvalue weighted by Gasteiger charge is 2.54. The van der Waals surface area contributed by atoms with Gasteiger partial charge in [0, 0.05) is 25.3 Å². The van der Waals surface area contributed by atoms with Crippen LogP contribution < -0.4 is 10.1 Å². The Balaban J connectivity index is 1.15. The molecule has 5 rings (SSSR count). The molecule has 1 N–H and O–H groups in total. The second kappa shape index (κ2) is 9.44. The van der Waals surface area contributed by atoms with E-state index in [9.17, 15) is 5.53 Å². The molecule has 0 aromatic heterocycles. The maximum Gasteiger partial charge on any atom is 0.140 e. The van der Waals surface area contributed by atoms with Crippen LogP contribution in [0, 0.1) is 17.3 Å². The average Bonchev–Trinajstić information content (AvgIpc) is 3.15. The van der Waals surface area contributed by atoms with Gasteiger partial charge in [-0.1, -0.05) is 13.0 Å². The van der Waals surface area contributed by atoms with Gasteiger partial charge in [-0.05, 0) is 111 Å². The van der Waals surface area contributed by atoms with Crippen molar-refractivity contribution < 1.29 is 9.43 Å². The molecular weight excluding hydrogens is 394 g/mol. The van der Waals surface area contributed by atoms with Crippen molar-refractivity contribution in [3.05, 3.63) is 34.9 Å². The van der Waals surface area contributed by atoms with Crippen molar-refractivity contribution in [1.29, 1.82) is 0 Å². The summed E-state index contributed by atoms with van der Waals surface area (Å²) in [7, 11) is 1.78. The van der Waals surface area contributed by atoms with E-state index in [0.717, 1.165) is 49.4 Å². The third-order valence-corrected chi connectivity index (χ3v) is 9.88. The fourth-order valence-corrected chi connectivity index (χ4v) is 8.08. The molecular formula is C28H43N3O. The summed E-state index contributed by atoms with van der Waals surface area (Å²) in [5.41, 5.74) is 13.7. The van der Waals surface area contributed by atoms with Gasteiger partial charge in [-0.15, -0.1) is 0 Å². The normalized spacial score (nSPS) is 36.3. The van der Waals surface area contributed by atoms with Crippen LogP contribution in [-0.4, -0.2) is 37.0 Å². The molecule has 1 saturated heterocycles. The second-order valence-corrected chi connectivity index (χ2v) is 11.4. The lowest BCUT2D eigenvalue weighted by Gasteiger charge is -2.51. The number of nitrogens with zero attached hydrogens (tertiary/aromatic N) is 2. The monoisotopic (exact) mass is 437 g/mol. The molecule has 1 aromatic rings. The Hall–Kier alpha value is -1.42. The van der Waals surface area contributed by atoms with Gasteiger partial charge in [0.25, 0.3) is 0 Å². The highest BCUT2D eigenvalue weighted by molar-refractivity contribution is 5.40. The van der Waals surface area contributed by atoms with Gasteiger partial charge in [0.2, 0.25) is 0 Å². The number of unbranched alkanes of at least 4 members (excludes halogenated alkanes) is 1. The molecule has 1 aliphatic heterocycles. The fourth-order valence-electron chi connectivity index (χ4n) is 8.08. The van der Waals surface area contributed by atoms with E-state index in [1.165, 1.54) is 64.2 Å². The molecule has 4 heteroatoms. The smallest absolute Gasteiger partial charge is 0.140 e. The molecule has 1 unspecified atom stereocenters. The molecule has 0 bridgehead atoms. The van der Waals surface area contributed by atoms with Gasteiger partial charge in [0.15, 0.2) is 0 Å². The highest BCUT2D eigenvalue weighted by Crippen LogP contribution is 2.61. The van der Waals surface area contributed by atoms with Crippen LogP contribution in [0.1, 0.15) is 94.6 Å². The maximum absolute atomic E-state index is 10.1. The topological polar surface area (TPSA) is 46.6 Å². The quantitative estimate of drug-likeness (QED) is 0.404. The lowest BCUT2D eigenvalue weighted by molar-refractivity contribution is -0.596. The summed E-state index contributed by atoms with van der Waals surface area (Å²) in [6.07, 6.45) is 15.3. The molecule has 176 valence electrons.